The van der Waals surface area contributed by atoms with Crippen LogP contribution in [0.3, 0.4) is 0 Å². The van der Waals surface area contributed by atoms with E-state index in [0.717, 1.165) is 31.4 Å². The van der Waals surface area contributed by atoms with Crippen LogP contribution in [0, 0.1) is 0 Å². The van der Waals surface area contributed by atoms with Gasteiger partial charge < -0.3 is 15.1 Å². The predicted octanol–water partition coefficient (Wildman–Crippen LogP) is 4.36. The van der Waals surface area contributed by atoms with Crippen molar-refractivity contribution in [2.24, 2.45) is 5.73 Å². The molecule has 0 radical (unpaired) electrons. The average molecular weight is 369 g/mol. The lowest BCUT2D eigenvalue weighted by Crippen LogP contribution is -2.51. The first-order chi connectivity index (χ1) is 11.1. The first-order valence-electron chi connectivity index (χ1n) is 7.99. The first kappa shape index (κ1) is 18.8. The minimum atomic E-state index is -0.0923. The third-order valence-corrected chi connectivity index (χ3v) is 4.70. The van der Waals surface area contributed by atoms with Gasteiger partial charge in [-0.2, -0.15) is 0 Å². The highest BCUT2D eigenvalue weighted by molar-refractivity contribution is 6.33. The van der Waals surface area contributed by atoms with E-state index in [1.807, 2.05) is 30.0 Å². The number of halogens is 2. The van der Waals surface area contributed by atoms with Crippen molar-refractivity contribution >= 4 is 29.9 Å². The summed E-state index contributed by atoms with van der Waals surface area (Å²) in [5, 5.41) is 0.604. The van der Waals surface area contributed by atoms with Gasteiger partial charge in [0.05, 0.1) is 5.02 Å². The summed E-state index contributed by atoms with van der Waals surface area (Å²) in [6, 6.07) is 11.0. The van der Waals surface area contributed by atoms with Crippen LogP contribution >= 0.6 is 24.0 Å². The van der Waals surface area contributed by atoms with Crippen molar-refractivity contribution in [3.8, 4) is 11.3 Å². The Hall–Kier alpha value is -1.49. The fraction of sp³-hybridized carbons (Fsp3) is 0.389. The second-order valence-electron chi connectivity index (χ2n) is 6.06. The number of carbonyl (C=O) groups excluding carboxylic acids is 1. The Balaban J connectivity index is 0.00000208. The molecule has 1 fully saturated rings. The molecule has 0 saturated carbocycles. The van der Waals surface area contributed by atoms with Crippen LogP contribution in [0.25, 0.3) is 11.3 Å². The van der Waals surface area contributed by atoms with Gasteiger partial charge >= 0.3 is 0 Å². The van der Waals surface area contributed by atoms with E-state index < -0.39 is 0 Å². The smallest absolute Gasteiger partial charge is 0.289 e. The highest BCUT2D eigenvalue weighted by atomic mass is 35.5. The van der Waals surface area contributed by atoms with E-state index in [4.69, 9.17) is 21.8 Å². The fourth-order valence-electron chi connectivity index (χ4n) is 3.16. The largest absolute Gasteiger partial charge is 0.451 e. The number of rotatable bonds is 3. The summed E-state index contributed by atoms with van der Waals surface area (Å²) in [6.45, 7) is 2.68. The molecule has 1 saturated heterocycles. The molecule has 2 unspecified atom stereocenters. The van der Waals surface area contributed by atoms with Crippen LogP contribution in [0.15, 0.2) is 40.8 Å². The monoisotopic (exact) mass is 368 g/mol. The molecule has 2 N–H and O–H groups in total. The average Bonchev–Trinajstić information content (AvgIpc) is 3.04. The van der Waals surface area contributed by atoms with E-state index >= 15 is 0 Å². The minimum absolute atomic E-state index is 0. The number of hydrogen-bond donors (Lipinski definition) is 1. The van der Waals surface area contributed by atoms with E-state index in [1.165, 1.54) is 0 Å². The zero-order valence-corrected chi connectivity index (χ0v) is 15.1. The van der Waals surface area contributed by atoms with Crippen molar-refractivity contribution in [1.82, 2.24) is 4.90 Å². The molecule has 1 aromatic carbocycles. The van der Waals surface area contributed by atoms with E-state index in [1.54, 1.807) is 18.2 Å². The van der Waals surface area contributed by atoms with Gasteiger partial charge in [0.25, 0.3) is 5.91 Å². The molecule has 1 aromatic heterocycles. The summed E-state index contributed by atoms with van der Waals surface area (Å²) in [5.74, 6) is 0.853. The molecule has 0 bridgehead atoms. The Labute approximate surface area is 153 Å². The Morgan fingerprint density at radius 3 is 2.75 bits per heavy atom. The second kappa shape index (κ2) is 8.06. The van der Waals surface area contributed by atoms with Crippen LogP contribution in [-0.2, 0) is 0 Å². The van der Waals surface area contributed by atoms with Gasteiger partial charge in [-0.15, -0.1) is 12.4 Å². The number of hydrogen-bond acceptors (Lipinski definition) is 3. The van der Waals surface area contributed by atoms with Crippen LogP contribution < -0.4 is 5.73 Å². The molecule has 6 heteroatoms. The number of carbonyl (C=O) groups is 1. The summed E-state index contributed by atoms with van der Waals surface area (Å²) < 4.78 is 5.78. The maximum absolute atomic E-state index is 12.8. The molecule has 2 heterocycles. The highest BCUT2D eigenvalue weighted by Crippen LogP contribution is 2.30. The molecule has 0 spiro atoms. The maximum atomic E-state index is 12.8. The second-order valence-corrected chi connectivity index (χ2v) is 6.47. The summed E-state index contributed by atoms with van der Waals surface area (Å²) in [7, 11) is 0. The van der Waals surface area contributed by atoms with E-state index in [9.17, 15) is 4.79 Å². The molecular formula is C18H22Cl2N2O2. The number of furan rings is 1. The molecule has 3 rings (SSSR count). The number of piperidine rings is 1. The summed E-state index contributed by atoms with van der Waals surface area (Å²) in [4.78, 5) is 14.6. The zero-order chi connectivity index (χ0) is 16.4. The number of nitrogens with zero attached hydrogens (tertiary/aromatic N) is 1. The van der Waals surface area contributed by atoms with Gasteiger partial charge in [0.1, 0.15) is 5.76 Å². The lowest BCUT2D eigenvalue weighted by atomic mass is 9.96. The van der Waals surface area contributed by atoms with Crippen molar-refractivity contribution in [3.05, 3.63) is 47.2 Å². The van der Waals surface area contributed by atoms with Crippen molar-refractivity contribution in [3.63, 3.8) is 0 Å². The van der Waals surface area contributed by atoms with Crippen LogP contribution in [0.5, 0.6) is 0 Å². The molecule has 1 aliphatic rings. The van der Waals surface area contributed by atoms with Gasteiger partial charge in [0, 0.05) is 24.2 Å². The van der Waals surface area contributed by atoms with Crippen molar-refractivity contribution < 1.29 is 9.21 Å². The van der Waals surface area contributed by atoms with Crippen molar-refractivity contribution in [2.45, 2.75) is 38.3 Å². The molecule has 4 nitrogen and oxygen atoms in total. The van der Waals surface area contributed by atoms with Gasteiger partial charge in [0.15, 0.2) is 5.76 Å². The lowest BCUT2D eigenvalue weighted by Gasteiger charge is -2.37. The Morgan fingerprint density at radius 1 is 1.29 bits per heavy atom. The standard InChI is InChI=1S/C18H21ClN2O2.ClH/c1-12(20)15-8-4-5-11-21(15)18(22)17-10-9-16(23-17)13-6-2-3-7-14(13)19;/h2-3,6-7,9-10,12,15H,4-5,8,11,20H2,1H3;1H. The quantitative estimate of drug-likeness (QED) is 0.874. The van der Waals surface area contributed by atoms with Gasteiger partial charge in [-0.3, -0.25) is 4.79 Å². The molecular weight excluding hydrogens is 347 g/mol. The number of amides is 1. The number of likely N-dealkylation sites (tertiary alicyclic amines) is 1. The van der Waals surface area contributed by atoms with Crippen molar-refractivity contribution in [1.29, 1.82) is 0 Å². The van der Waals surface area contributed by atoms with E-state index in [-0.39, 0.29) is 30.4 Å². The Morgan fingerprint density at radius 2 is 2.04 bits per heavy atom. The zero-order valence-electron chi connectivity index (χ0n) is 13.6. The summed E-state index contributed by atoms with van der Waals surface area (Å²) >= 11 is 6.19. The molecule has 0 aliphatic carbocycles. The van der Waals surface area contributed by atoms with Gasteiger partial charge in [0.2, 0.25) is 0 Å². The van der Waals surface area contributed by atoms with Crippen LogP contribution in [-0.4, -0.2) is 29.4 Å². The number of nitrogens with two attached hydrogens (primary N) is 1. The van der Waals surface area contributed by atoms with Gasteiger partial charge in [-0.05, 0) is 50.5 Å². The number of benzene rings is 1. The SMILES string of the molecule is CC(N)C1CCCCN1C(=O)c1ccc(-c2ccccc2Cl)o1.Cl. The molecule has 1 aliphatic heterocycles. The Kier molecular flexibility index (Phi) is 6.33. The molecule has 24 heavy (non-hydrogen) atoms. The summed E-state index contributed by atoms with van der Waals surface area (Å²) in [5.41, 5.74) is 6.84. The molecule has 2 atom stereocenters. The van der Waals surface area contributed by atoms with Crippen LogP contribution in [0.4, 0.5) is 0 Å². The molecule has 1 amide bonds. The molecule has 2 aromatic rings. The van der Waals surface area contributed by atoms with Crippen molar-refractivity contribution in [2.75, 3.05) is 6.54 Å². The van der Waals surface area contributed by atoms with Crippen LogP contribution in [0.1, 0.15) is 36.7 Å². The predicted molar refractivity (Wildman–Crippen MR) is 98.7 cm³/mol. The van der Waals surface area contributed by atoms with E-state index in [0.29, 0.717) is 16.5 Å². The van der Waals surface area contributed by atoms with Gasteiger partial charge in [-0.1, -0.05) is 23.7 Å². The normalized spacial score (nSPS) is 18.8. The van der Waals surface area contributed by atoms with Gasteiger partial charge in [-0.25, -0.2) is 0 Å². The molecule has 130 valence electrons. The topological polar surface area (TPSA) is 59.5 Å². The lowest BCUT2D eigenvalue weighted by molar-refractivity contribution is 0.0552. The summed E-state index contributed by atoms with van der Waals surface area (Å²) in [6.07, 6.45) is 3.06. The Bertz CT molecular complexity index is 700. The first-order valence-corrected chi connectivity index (χ1v) is 8.37. The third-order valence-electron chi connectivity index (χ3n) is 4.37. The van der Waals surface area contributed by atoms with Crippen LogP contribution in [0.2, 0.25) is 5.02 Å². The third kappa shape index (κ3) is 3.77. The van der Waals surface area contributed by atoms with E-state index in [2.05, 4.69) is 0 Å². The minimum Gasteiger partial charge on any atom is -0.451 e. The maximum Gasteiger partial charge on any atom is 0.289 e. The fourth-order valence-corrected chi connectivity index (χ4v) is 3.39. The highest BCUT2D eigenvalue weighted by Gasteiger charge is 2.31.